The van der Waals surface area contributed by atoms with E-state index in [0.717, 1.165) is 25.9 Å². The zero-order valence-corrected chi connectivity index (χ0v) is 14.5. The predicted molar refractivity (Wildman–Crippen MR) is 90.5 cm³/mol. The Bertz CT molecular complexity index is 549. The first-order chi connectivity index (χ1) is 10.5. The average molecular weight is 324 g/mol. The van der Waals surface area contributed by atoms with Crippen molar-refractivity contribution in [3.05, 3.63) is 29.8 Å². The van der Waals surface area contributed by atoms with Gasteiger partial charge in [-0.2, -0.15) is 0 Å². The van der Waals surface area contributed by atoms with Crippen LogP contribution in [0.25, 0.3) is 0 Å². The molecule has 4 nitrogen and oxygen atoms in total. The van der Waals surface area contributed by atoms with Crippen LogP contribution in [0.3, 0.4) is 0 Å². The number of piperidine rings is 1. The summed E-state index contributed by atoms with van der Waals surface area (Å²) in [7, 11) is -3.38. The first-order valence-corrected chi connectivity index (χ1v) is 9.81. The van der Waals surface area contributed by atoms with Crippen molar-refractivity contribution in [2.45, 2.75) is 50.3 Å². The van der Waals surface area contributed by atoms with Gasteiger partial charge in [0.25, 0.3) is 0 Å². The molecule has 1 aromatic rings. The molecule has 0 aliphatic carbocycles. The van der Waals surface area contributed by atoms with E-state index in [2.05, 4.69) is 23.9 Å². The topological polar surface area (TPSA) is 58.2 Å². The maximum atomic E-state index is 12.3. The summed E-state index contributed by atoms with van der Waals surface area (Å²) in [4.78, 5) is 0.362. The molecule has 0 bridgehead atoms. The zero-order valence-electron chi connectivity index (χ0n) is 13.6. The van der Waals surface area contributed by atoms with E-state index < -0.39 is 10.0 Å². The Morgan fingerprint density at radius 3 is 2.64 bits per heavy atom. The van der Waals surface area contributed by atoms with Crippen LogP contribution in [0.5, 0.6) is 0 Å². The van der Waals surface area contributed by atoms with Crippen LogP contribution in [0.15, 0.2) is 29.2 Å². The van der Waals surface area contributed by atoms with Gasteiger partial charge in [-0.25, -0.2) is 13.1 Å². The maximum Gasteiger partial charge on any atom is 0.240 e. The average Bonchev–Trinajstić information content (AvgIpc) is 2.55. The highest BCUT2D eigenvalue weighted by atomic mass is 32.2. The standard InChI is InChI=1S/C17H28N2O2S/c1-3-14(2)16-6-8-17(9-7-16)22(20,21)19-12-10-15-5-4-11-18-13-15/h6-9,14-15,18-19H,3-5,10-13H2,1-2H3. The molecule has 2 N–H and O–H groups in total. The Hall–Kier alpha value is -0.910. The molecule has 1 aliphatic rings. The molecule has 5 heteroatoms. The minimum absolute atomic E-state index is 0.362. The molecule has 0 amide bonds. The van der Waals surface area contributed by atoms with Gasteiger partial charge in [0.1, 0.15) is 0 Å². The monoisotopic (exact) mass is 324 g/mol. The Balaban J connectivity index is 1.89. The second kappa shape index (κ2) is 8.09. The zero-order chi connectivity index (χ0) is 16.0. The fourth-order valence-corrected chi connectivity index (χ4v) is 3.91. The van der Waals surface area contributed by atoms with Crippen molar-refractivity contribution in [3.8, 4) is 0 Å². The predicted octanol–water partition coefficient (Wildman–Crippen LogP) is 2.87. The van der Waals surface area contributed by atoms with Crippen LogP contribution in [0.4, 0.5) is 0 Å². The summed E-state index contributed by atoms with van der Waals surface area (Å²) in [6.45, 7) is 6.90. The molecule has 1 fully saturated rings. The second-order valence-corrected chi connectivity index (χ2v) is 8.04. The highest BCUT2D eigenvalue weighted by molar-refractivity contribution is 7.89. The molecule has 0 spiro atoms. The number of hydrogen-bond acceptors (Lipinski definition) is 3. The number of benzene rings is 1. The summed E-state index contributed by atoms with van der Waals surface area (Å²) in [6, 6.07) is 7.28. The van der Waals surface area contributed by atoms with Gasteiger partial charge in [-0.05, 0) is 68.3 Å². The smallest absolute Gasteiger partial charge is 0.240 e. The third kappa shape index (κ3) is 4.80. The lowest BCUT2D eigenvalue weighted by molar-refractivity contribution is 0.358. The maximum absolute atomic E-state index is 12.3. The molecule has 1 heterocycles. The molecule has 0 radical (unpaired) electrons. The van der Waals surface area contributed by atoms with E-state index in [1.54, 1.807) is 12.1 Å². The van der Waals surface area contributed by atoms with Crippen LogP contribution in [-0.4, -0.2) is 28.1 Å². The van der Waals surface area contributed by atoms with Crippen LogP contribution < -0.4 is 10.0 Å². The van der Waals surface area contributed by atoms with Crippen molar-refractivity contribution in [1.29, 1.82) is 0 Å². The molecule has 2 unspecified atom stereocenters. The van der Waals surface area contributed by atoms with E-state index >= 15 is 0 Å². The first-order valence-electron chi connectivity index (χ1n) is 8.33. The lowest BCUT2D eigenvalue weighted by Gasteiger charge is -2.22. The molecule has 2 rings (SSSR count). The van der Waals surface area contributed by atoms with Crippen LogP contribution in [0.1, 0.15) is 51.0 Å². The molecular formula is C17H28N2O2S. The van der Waals surface area contributed by atoms with Crippen LogP contribution in [-0.2, 0) is 10.0 Å². The van der Waals surface area contributed by atoms with Crippen LogP contribution >= 0.6 is 0 Å². The van der Waals surface area contributed by atoms with E-state index in [1.165, 1.54) is 18.4 Å². The SMILES string of the molecule is CCC(C)c1ccc(S(=O)(=O)NCCC2CCCNC2)cc1. The van der Waals surface area contributed by atoms with Gasteiger partial charge in [-0.15, -0.1) is 0 Å². The van der Waals surface area contributed by atoms with Gasteiger partial charge in [0.15, 0.2) is 0 Å². The largest absolute Gasteiger partial charge is 0.316 e. The summed E-state index contributed by atoms with van der Waals surface area (Å²) in [5.74, 6) is 1.05. The molecule has 1 aromatic carbocycles. The number of nitrogens with one attached hydrogen (secondary N) is 2. The summed E-state index contributed by atoms with van der Waals surface area (Å²) < 4.78 is 27.3. The van der Waals surface area contributed by atoms with Crippen molar-refractivity contribution in [2.24, 2.45) is 5.92 Å². The lowest BCUT2D eigenvalue weighted by Crippen LogP contribution is -2.33. The van der Waals surface area contributed by atoms with Crippen molar-refractivity contribution >= 4 is 10.0 Å². The number of hydrogen-bond donors (Lipinski definition) is 2. The Labute approximate surface area is 134 Å². The van der Waals surface area contributed by atoms with Gasteiger partial charge in [0.05, 0.1) is 4.90 Å². The molecule has 0 saturated carbocycles. The van der Waals surface area contributed by atoms with E-state index in [4.69, 9.17) is 0 Å². The summed E-state index contributed by atoms with van der Waals surface area (Å²) in [5, 5.41) is 3.36. The molecule has 1 saturated heterocycles. The van der Waals surface area contributed by atoms with Crippen molar-refractivity contribution in [2.75, 3.05) is 19.6 Å². The minimum atomic E-state index is -3.38. The Morgan fingerprint density at radius 2 is 2.05 bits per heavy atom. The second-order valence-electron chi connectivity index (χ2n) is 6.28. The minimum Gasteiger partial charge on any atom is -0.316 e. The quantitative estimate of drug-likeness (QED) is 0.811. The van der Waals surface area contributed by atoms with Gasteiger partial charge >= 0.3 is 0 Å². The van der Waals surface area contributed by atoms with Crippen molar-refractivity contribution in [3.63, 3.8) is 0 Å². The molecule has 22 heavy (non-hydrogen) atoms. The van der Waals surface area contributed by atoms with Crippen LogP contribution in [0.2, 0.25) is 0 Å². The third-order valence-electron chi connectivity index (χ3n) is 4.62. The fourth-order valence-electron chi connectivity index (χ4n) is 2.86. The number of rotatable bonds is 7. The molecule has 0 aromatic heterocycles. The van der Waals surface area contributed by atoms with E-state index in [9.17, 15) is 8.42 Å². The summed E-state index contributed by atoms with van der Waals surface area (Å²) >= 11 is 0. The third-order valence-corrected chi connectivity index (χ3v) is 6.09. The molecule has 2 atom stereocenters. The summed E-state index contributed by atoms with van der Waals surface area (Å²) in [6.07, 6.45) is 4.34. The normalized spacial score (nSPS) is 20.7. The highest BCUT2D eigenvalue weighted by Gasteiger charge is 2.17. The number of sulfonamides is 1. The lowest BCUT2D eigenvalue weighted by atomic mass is 9.96. The van der Waals surface area contributed by atoms with Crippen LogP contribution in [0, 0.1) is 5.92 Å². The van der Waals surface area contributed by atoms with Crippen molar-refractivity contribution < 1.29 is 8.42 Å². The Morgan fingerprint density at radius 1 is 1.32 bits per heavy atom. The van der Waals surface area contributed by atoms with Crippen molar-refractivity contribution in [1.82, 2.24) is 10.0 Å². The molecular weight excluding hydrogens is 296 g/mol. The van der Waals surface area contributed by atoms with Gasteiger partial charge in [0.2, 0.25) is 10.0 Å². The van der Waals surface area contributed by atoms with E-state index in [-0.39, 0.29) is 0 Å². The van der Waals surface area contributed by atoms with E-state index in [0.29, 0.717) is 23.3 Å². The summed E-state index contributed by atoms with van der Waals surface area (Å²) in [5.41, 5.74) is 1.19. The highest BCUT2D eigenvalue weighted by Crippen LogP contribution is 2.20. The van der Waals surface area contributed by atoms with E-state index in [1.807, 2.05) is 12.1 Å². The van der Waals surface area contributed by atoms with Gasteiger partial charge < -0.3 is 5.32 Å². The molecule has 124 valence electrons. The van der Waals surface area contributed by atoms with Gasteiger partial charge in [-0.1, -0.05) is 26.0 Å². The fraction of sp³-hybridized carbons (Fsp3) is 0.647. The molecule has 1 aliphatic heterocycles. The first kappa shape index (κ1) is 17.4. The van der Waals surface area contributed by atoms with Gasteiger partial charge in [-0.3, -0.25) is 0 Å². The van der Waals surface area contributed by atoms with Gasteiger partial charge in [0, 0.05) is 6.54 Å². The Kier molecular flexibility index (Phi) is 6.41.